The van der Waals surface area contributed by atoms with Gasteiger partial charge in [0.1, 0.15) is 10.6 Å². The topological polar surface area (TPSA) is 70.7 Å². The van der Waals surface area contributed by atoms with Gasteiger partial charge in [0.2, 0.25) is 0 Å². The molecule has 4 rings (SSSR count). The standard InChI is InChI=1S/C21H22BrN3O3S/c1-28-20-9-6-15(22)14-21(20)29(26,27)24-18-7-8-19(25-12-10-23-11-13-25)17-5-3-2-4-16(17)18/h2-9,14,23-24H,10-13H2,1H3. The van der Waals surface area contributed by atoms with E-state index < -0.39 is 10.0 Å². The first kappa shape index (κ1) is 20.0. The van der Waals surface area contributed by atoms with Gasteiger partial charge >= 0.3 is 0 Å². The number of sulfonamides is 1. The van der Waals surface area contributed by atoms with Crippen molar-refractivity contribution < 1.29 is 13.2 Å². The fraction of sp³-hybridized carbons (Fsp3) is 0.238. The summed E-state index contributed by atoms with van der Waals surface area (Å²) in [5.41, 5.74) is 1.66. The van der Waals surface area contributed by atoms with Gasteiger partial charge in [-0.25, -0.2) is 8.42 Å². The lowest BCUT2D eigenvalue weighted by molar-refractivity contribution is 0.403. The molecule has 1 heterocycles. The molecule has 0 spiro atoms. The van der Waals surface area contributed by atoms with E-state index in [4.69, 9.17) is 4.74 Å². The van der Waals surface area contributed by atoms with E-state index in [9.17, 15) is 8.42 Å². The van der Waals surface area contributed by atoms with Crippen molar-refractivity contribution in [2.45, 2.75) is 4.90 Å². The number of anilines is 2. The molecular weight excluding hydrogens is 454 g/mol. The summed E-state index contributed by atoms with van der Waals surface area (Å²) in [6, 6.07) is 16.6. The normalized spacial score (nSPS) is 14.8. The van der Waals surface area contributed by atoms with Crippen LogP contribution in [0.5, 0.6) is 5.75 Å². The van der Waals surface area contributed by atoms with Crippen LogP contribution in [0.3, 0.4) is 0 Å². The fourth-order valence-corrected chi connectivity index (χ4v) is 5.40. The maximum Gasteiger partial charge on any atom is 0.265 e. The predicted octanol–water partition coefficient (Wildman–Crippen LogP) is 3.82. The molecule has 1 aliphatic rings. The van der Waals surface area contributed by atoms with E-state index in [1.165, 1.54) is 7.11 Å². The molecule has 1 saturated heterocycles. The number of benzene rings is 3. The molecule has 0 aliphatic carbocycles. The van der Waals surface area contributed by atoms with Gasteiger partial charge < -0.3 is 15.0 Å². The molecule has 152 valence electrons. The summed E-state index contributed by atoms with van der Waals surface area (Å²) in [4.78, 5) is 2.42. The Labute approximate surface area is 179 Å². The van der Waals surface area contributed by atoms with Gasteiger partial charge in [-0.15, -0.1) is 0 Å². The molecule has 8 heteroatoms. The van der Waals surface area contributed by atoms with Gasteiger partial charge in [0.15, 0.2) is 0 Å². The van der Waals surface area contributed by atoms with Crippen LogP contribution in [0, 0.1) is 0 Å². The minimum Gasteiger partial charge on any atom is -0.495 e. The Bertz CT molecular complexity index is 1150. The first-order valence-corrected chi connectivity index (χ1v) is 11.6. The minimum atomic E-state index is -3.84. The molecule has 1 aliphatic heterocycles. The van der Waals surface area contributed by atoms with E-state index in [-0.39, 0.29) is 4.90 Å². The molecule has 0 amide bonds. The van der Waals surface area contributed by atoms with E-state index in [0.29, 0.717) is 15.9 Å². The van der Waals surface area contributed by atoms with E-state index >= 15 is 0 Å². The first-order valence-electron chi connectivity index (χ1n) is 9.33. The molecular formula is C21H22BrN3O3S. The van der Waals surface area contributed by atoms with Crippen LogP contribution in [0.2, 0.25) is 0 Å². The van der Waals surface area contributed by atoms with Crippen molar-refractivity contribution >= 4 is 48.1 Å². The summed E-state index contributed by atoms with van der Waals surface area (Å²) in [7, 11) is -2.38. The van der Waals surface area contributed by atoms with E-state index in [1.54, 1.807) is 18.2 Å². The number of hydrogen-bond donors (Lipinski definition) is 2. The monoisotopic (exact) mass is 475 g/mol. The zero-order valence-electron chi connectivity index (χ0n) is 16.0. The number of halogens is 1. The number of ether oxygens (including phenoxy) is 1. The molecule has 0 atom stereocenters. The second kappa shape index (κ2) is 8.22. The van der Waals surface area contributed by atoms with Crippen LogP contribution in [0.25, 0.3) is 10.8 Å². The molecule has 0 saturated carbocycles. The molecule has 0 unspecified atom stereocenters. The predicted molar refractivity (Wildman–Crippen MR) is 121 cm³/mol. The molecule has 3 aromatic rings. The van der Waals surface area contributed by atoms with Gasteiger partial charge in [-0.3, -0.25) is 4.72 Å². The number of nitrogens with zero attached hydrogens (tertiary/aromatic N) is 1. The summed E-state index contributed by atoms with van der Waals surface area (Å²) < 4.78 is 34.9. The smallest absolute Gasteiger partial charge is 0.265 e. The Morgan fingerprint density at radius 1 is 1.03 bits per heavy atom. The lowest BCUT2D eigenvalue weighted by Gasteiger charge is -2.30. The number of piperazine rings is 1. The molecule has 1 fully saturated rings. The third kappa shape index (κ3) is 4.05. The van der Waals surface area contributed by atoms with Gasteiger partial charge in [0.25, 0.3) is 10.0 Å². The highest BCUT2D eigenvalue weighted by molar-refractivity contribution is 9.10. The van der Waals surface area contributed by atoms with Crippen molar-refractivity contribution in [1.29, 1.82) is 0 Å². The average Bonchev–Trinajstić information content (AvgIpc) is 2.74. The lowest BCUT2D eigenvalue weighted by atomic mass is 10.1. The van der Waals surface area contributed by atoms with Gasteiger partial charge in [-0.05, 0) is 30.3 Å². The molecule has 29 heavy (non-hydrogen) atoms. The van der Waals surface area contributed by atoms with E-state index in [1.807, 2.05) is 36.4 Å². The Balaban J connectivity index is 1.76. The Morgan fingerprint density at radius 2 is 1.76 bits per heavy atom. The maximum absolute atomic E-state index is 13.1. The summed E-state index contributed by atoms with van der Waals surface area (Å²) in [6.07, 6.45) is 0. The third-order valence-electron chi connectivity index (χ3n) is 5.02. The highest BCUT2D eigenvalue weighted by Gasteiger charge is 2.22. The second-order valence-electron chi connectivity index (χ2n) is 6.82. The van der Waals surface area contributed by atoms with Crippen LogP contribution in [-0.2, 0) is 10.0 Å². The molecule has 0 bridgehead atoms. The SMILES string of the molecule is COc1ccc(Br)cc1S(=O)(=O)Nc1ccc(N2CCNCC2)c2ccccc12. The molecule has 2 N–H and O–H groups in total. The van der Waals surface area contributed by atoms with Crippen LogP contribution in [0.4, 0.5) is 11.4 Å². The Kier molecular flexibility index (Phi) is 5.67. The van der Waals surface area contributed by atoms with Crippen molar-refractivity contribution in [1.82, 2.24) is 5.32 Å². The van der Waals surface area contributed by atoms with Crippen LogP contribution < -0.4 is 19.7 Å². The first-order chi connectivity index (χ1) is 14.0. The number of hydrogen-bond acceptors (Lipinski definition) is 5. The van der Waals surface area contributed by atoms with Gasteiger partial charge in [-0.1, -0.05) is 40.2 Å². The van der Waals surface area contributed by atoms with Gasteiger partial charge in [-0.2, -0.15) is 0 Å². The molecule has 3 aromatic carbocycles. The summed E-state index contributed by atoms with van der Waals surface area (Å²) in [5.74, 6) is 0.294. The van der Waals surface area contributed by atoms with Crippen molar-refractivity contribution in [3.8, 4) is 5.75 Å². The Morgan fingerprint density at radius 3 is 2.48 bits per heavy atom. The van der Waals surface area contributed by atoms with Crippen LogP contribution >= 0.6 is 15.9 Å². The fourth-order valence-electron chi connectivity index (χ4n) is 3.61. The Hall–Kier alpha value is -2.29. The third-order valence-corrected chi connectivity index (χ3v) is 6.90. The second-order valence-corrected chi connectivity index (χ2v) is 9.38. The van der Waals surface area contributed by atoms with Crippen LogP contribution in [0.1, 0.15) is 0 Å². The number of nitrogens with one attached hydrogen (secondary N) is 2. The minimum absolute atomic E-state index is 0.0876. The van der Waals surface area contributed by atoms with Crippen molar-refractivity contribution in [2.75, 3.05) is 42.9 Å². The summed E-state index contributed by atoms with van der Waals surface area (Å²) in [5, 5.41) is 5.25. The molecule has 0 radical (unpaired) electrons. The maximum atomic E-state index is 13.1. The molecule has 0 aromatic heterocycles. The van der Waals surface area contributed by atoms with Gasteiger partial charge in [0, 0.05) is 47.1 Å². The zero-order valence-corrected chi connectivity index (χ0v) is 18.4. The quantitative estimate of drug-likeness (QED) is 0.586. The largest absolute Gasteiger partial charge is 0.495 e. The van der Waals surface area contributed by atoms with Crippen molar-refractivity contribution in [3.63, 3.8) is 0 Å². The highest BCUT2D eigenvalue weighted by atomic mass is 79.9. The highest BCUT2D eigenvalue weighted by Crippen LogP contribution is 2.35. The lowest BCUT2D eigenvalue weighted by Crippen LogP contribution is -2.43. The van der Waals surface area contributed by atoms with Crippen LogP contribution in [-0.4, -0.2) is 41.7 Å². The van der Waals surface area contributed by atoms with Gasteiger partial charge in [0.05, 0.1) is 12.8 Å². The van der Waals surface area contributed by atoms with Crippen molar-refractivity contribution in [2.24, 2.45) is 0 Å². The van der Waals surface area contributed by atoms with E-state index in [0.717, 1.165) is 42.6 Å². The summed E-state index contributed by atoms with van der Waals surface area (Å²) in [6.45, 7) is 3.71. The van der Waals surface area contributed by atoms with E-state index in [2.05, 4.69) is 30.9 Å². The zero-order chi connectivity index (χ0) is 20.4. The average molecular weight is 476 g/mol. The van der Waals surface area contributed by atoms with Crippen molar-refractivity contribution in [3.05, 3.63) is 59.1 Å². The number of methoxy groups -OCH3 is 1. The summed E-state index contributed by atoms with van der Waals surface area (Å²) >= 11 is 3.34. The number of rotatable bonds is 5. The molecule has 6 nitrogen and oxygen atoms in total. The number of fused-ring (bicyclic) bond motifs is 1. The van der Waals surface area contributed by atoms with Crippen LogP contribution in [0.15, 0.2) is 64.0 Å².